The maximum atomic E-state index is 12.4. The molecule has 1 N–H and O–H groups in total. The van der Waals surface area contributed by atoms with E-state index in [1.54, 1.807) is 18.7 Å². The first-order valence-electron chi connectivity index (χ1n) is 8.08. The molecule has 132 valence electrons. The number of ether oxygens (including phenoxy) is 2. The molecule has 1 heterocycles. The van der Waals surface area contributed by atoms with E-state index in [1.807, 2.05) is 20.1 Å². The van der Waals surface area contributed by atoms with Gasteiger partial charge < -0.3 is 14.8 Å². The van der Waals surface area contributed by atoms with E-state index in [4.69, 9.17) is 9.47 Å². The van der Waals surface area contributed by atoms with Gasteiger partial charge in [-0.15, -0.1) is 0 Å². The summed E-state index contributed by atoms with van der Waals surface area (Å²) in [6.45, 7) is 6.00. The quantitative estimate of drug-likeness (QED) is 0.452. The number of rotatable bonds is 11. The largest absolute Gasteiger partial charge is 0.464 e. The number of Topliss-reactive ketones (excluding diaryl/α,β-unsaturated/α-hetero) is 1. The molecule has 1 unspecified atom stereocenters. The Labute approximate surface area is 142 Å². The molecule has 0 saturated carbocycles. The lowest BCUT2D eigenvalue weighted by atomic mass is 9.97. The van der Waals surface area contributed by atoms with Crippen LogP contribution in [-0.4, -0.2) is 54.5 Å². The summed E-state index contributed by atoms with van der Waals surface area (Å²) in [5.74, 6) is 0.172. The van der Waals surface area contributed by atoms with E-state index in [-0.39, 0.29) is 12.4 Å². The van der Waals surface area contributed by atoms with Crippen molar-refractivity contribution in [3.05, 3.63) is 0 Å². The van der Waals surface area contributed by atoms with E-state index in [0.29, 0.717) is 18.8 Å². The van der Waals surface area contributed by atoms with Crippen LogP contribution in [0.2, 0.25) is 0 Å². The van der Waals surface area contributed by atoms with E-state index < -0.39 is 30.1 Å². The Morgan fingerprint density at radius 2 is 1.96 bits per heavy atom. The van der Waals surface area contributed by atoms with Crippen LogP contribution in [0.1, 0.15) is 40.0 Å². The third kappa shape index (κ3) is 6.51. The number of amides is 1. The first-order chi connectivity index (χ1) is 10.9. The van der Waals surface area contributed by atoms with Crippen LogP contribution in [0.5, 0.6) is 0 Å². The van der Waals surface area contributed by atoms with Crippen LogP contribution >= 0.6 is 11.8 Å². The molecule has 7 heteroatoms. The number of epoxide rings is 1. The molecule has 0 aliphatic carbocycles. The summed E-state index contributed by atoms with van der Waals surface area (Å²) in [7, 11) is 0. The Morgan fingerprint density at radius 1 is 1.26 bits per heavy atom. The van der Waals surface area contributed by atoms with Crippen molar-refractivity contribution >= 4 is 29.4 Å². The molecule has 4 atom stereocenters. The number of hydrogen-bond acceptors (Lipinski definition) is 6. The maximum Gasteiger partial charge on any atom is 0.338 e. The van der Waals surface area contributed by atoms with Gasteiger partial charge in [-0.05, 0) is 31.3 Å². The Bertz CT molecular complexity index is 429. The lowest BCUT2D eigenvalue weighted by Gasteiger charge is -2.18. The maximum absolute atomic E-state index is 12.4. The van der Waals surface area contributed by atoms with Gasteiger partial charge in [-0.2, -0.15) is 11.8 Å². The molecule has 1 saturated heterocycles. The number of nitrogens with one attached hydrogen (secondary N) is 1. The van der Waals surface area contributed by atoms with E-state index in [2.05, 4.69) is 5.32 Å². The van der Waals surface area contributed by atoms with Crippen LogP contribution in [0.3, 0.4) is 0 Å². The highest BCUT2D eigenvalue weighted by molar-refractivity contribution is 7.98. The van der Waals surface area contributed by atoms with Gasteiger partial charge in [0.05, 0.1) is 12.6 Å². The highest BCUT2D eigenvalue weighted by Gasteiger charge is 2.52. The fraction of sp³-hybridized carbons (Fsp3) is 0.812. The second kappa shape index (κ2) is 9.93. The number of carbonyl (C=O) groups is 3. The van der Waals surface area contributed by atoms with Gasteiger partial charge in [-0.25, -0.2) is 4.79 Å². The predicted molar refractivity (Wildman–Crippen MR) is 89.3 cm³/mol. The zero-order valence-electron chi connectivity index (χ0n) is 14.3. The number of hydrogen-bond donors (Lipinski definition) is 1. The van der Waals surface area contributed by atoms with Gasteiger partial charge >= 0.3 is 5.97 Å². The zero-order valence-corrected chi connectivity index (χ0v) is 15.1. The van der Waals surface area contributed by atoms with Crippen molar-refractivity contribution < 1.29 is 23.9 Å². The smallest absolute Gasteiger partial charge is 0.338 e. The van der Waals surface area contributed by atoms with Gasteiger partial charge in [0.2, 0.25) is 0 Å². The molecule has 1 aliphatic rings. The van der Waals surface area contributed by atoms with Crippen molar-refractivity contribution in [3.63, 3.8) is 0 Å². The van der Waals surface area contributed by atoms with Crippen LogP contribution in [0, 0.1) is 5.92 Å². The van der Waals surface area contributed by atoms with Gasteiger partial charge in [0.15, 0.2) is 18.0 Å². The molecular weight excluding hydrogens is 318 g/mol. The minimum Gasteiger partial charge on any atom is -0.464 e. The number of esters is 1. The number of ketones is 1. The van der Waals surface area contributed by atoms with Crippen molar-refractivity contribution in [1.82, 2.24) is 5.32 Å². The Morgan fingerprint density at radius 3 is 2.52 bits per heavy atom. The molecule has 23 heavy (non-hydrogen) atoms. The Hall–Kier alpha value is -1.08. The van der Waals surface area contributed by atoms with Crippen molar-refractivity contribution in [2.24, 2.45) is 5.92 Å². The molecule has 0 aromatic heterocycles. The predicted octanol–water partition coefficient (Wildman–Crippen LogP) is 1.56. The standard InChI is InChI=1S/C16H27NO5S/c1-5-10(3)9-12(18)11(7-8-23-4)17-15(19)13-14(22-13)16(20)21-6-2/h10-11,13-14H,5-9H2,1-4H3,(H,17,19)/t10?,11-,13-,14-/m0/s1. The second-order valence-electron chi connectivity index (χ2n) is 5.76. The summed E-state index contributed by atoms with van der Waals surface area (Å²) in [4.78, 5) is 36.0. The van der Waals surface area contributed by atoms with E-state index in [9.17, 15) is 14.4 Å². The van der Waals surface area contributed by atoms with Crippen LogP contribution < -0.4 is 5.32 Å². The summed E-state index contributed by atoms with van der Waals surface area (Å²) >= 11 is 1.63. The first-order valence-corrected chi connectivity index (χ1v) is 9.48. The minimum atomic E-state index is -0.833. The number of carbonyl (C=O) groups excluding carboxylic acids is 3. The molecule has 6 nitrogen and oxygen atoms in total. The summed E-state index contributed by atoms with van der Waals surface area (Å²) < 4.78 is 9.89. The minimum absolute atomic E-state index is 0.0371. The zero-order chi connectivity index (χ0) is 17.4. The van der Waals surface area contributed by atoms with Gasteiger partial charge in [-0.1, -0.05) is 20.3 Å². The summed E-state index contributed by atoms with van der Waals surface area (Å²) in [6, 6.07) is -0.518. The second-order valence-corrected chi connectivity index (χ2v) is 6.74. The molecule has 1 amide bonds. The fourth-order valence-corrected chi connectivity index (χ4v) is 2.62. The molecule has 0 radical (unpaired) electrons. The lowest BCUT2D eigenvalue weighted by molar-refractivity contribution is -0.144. The molecule has 0 spiro atoms. The SMILES string of the molecule is CCOC(=O)[C@H]1O[C@@H]1C(=O)N[C@@H](CCSC)C(=O)CC(C)CC. The van der Waals surface area contributed by atoms with Gasteiger partial charge in [0, 0.05) is 6.42 Å². The molecule has 0 aromatic carbocycles. The third-order valence-corrected chi connectivity index (χ3v) is 4.48. The van der Waals surface area contributed by atoms with Crippen LogP contribution in [0.15, 0.2) is 0 Å². The molecule has 0 aromatic rings. The topological polar surface area (TPSA) is 85.0 Å². The third-order valence-electron chi connectivity index (χ3n) is 3.83. The fourth-order valence-electron chi connectivity index (χ4n) is 2.15. The van der Waals surface area contributed by atoms with E-state index in [0.717, 1.165) is 12.2 Å². The average Bonchev–Trinajstić information content (AvgIpc) is 3.31. The summed E-state index contributed by atoms with van der Waals surface area (Å²) in [6.07, 6.45) is 2.24. The summed E-state index contributed by atoms with van der Waals surface area (Å²) in [5.41, 5.74) is 0. The normalized spacial score (nSPS) is 22.1. The Balaban J connectivity index is 2.54. The first kappa shape index (κ1) is 20.0. The monoisotopic (exact) mass is 345 g/mol. The van der Waals surface area contributed by atoms with Crippen LogP contribution in [-0.2, 0) is 23.9 Å². The highest BCUT2D eigenvalue weighted by Crippen LogP contribution is 2.24. The van der Waals surface area contributed by atoms with Gasteiger partial charge in [0.25, 0.3) is 5.91 Å². The molecule has 1 rings (SSSR count). The van der Waals surface area contributed by atoms with Crippen LogP contribution in [0.25, 0.3) is 0 Å². The number of thioether (sulfide) groups is 1. The molecule has 1 aliphatic heterocycles. The molecule has 0 bridgehead atoms. The lowest BCUT2D eigenvalue weighted by Crippen LogP contribution is -2.44. The van der Waals surface area contributed by atoms with E-state index in [1.165, 1.54) is 0 Å². The van der Waals surface area contributed by atoms with Crippen molar-refractivity contribution in [2.75, 3.05) is 18.6 Å². The highest BCUT2D eigenvalue weighted by atomic mass is 32.2. The Kier molecular flexibility index (Phi) is 8.62. The summed E-state index contributed by atoms with van der Waals surface area (Å²) in [5, 5.41) is 2.74. The molecule has 1 fully saturated rings. The van der Waals surface area contributed by atoms with Gasteiger partial charge in [-0.3, -0.25) is 9.59 Å². The van der Waals surface area contributed by atoms with Crippen molar-refractivity contribution in [3.8, 4) is 0 Å². The van der Waals surface area contributed by atoms with Crippen molar-refractivity contribution in [2.45, 2.75) is 58.3 Å². The van der Waals surface area contributed by atoms with Crippen LogP contribution in [0.4, 0.5) is 0 Å². The molecular formula is C16H27NO5S. The van der Waals surface area contributed by atoms with E-state index >= 15 is 0 Å². The average molecular weight is 345 g/mol. The van der Waals surface area contributed by atoms with Gasteiger partial charge in [0.1, 0.15) is 0 Å². The van der Waals surface area contributed by atoms with Crippen molar-refractivity contribution in [1.29, 1.82) is 0 Å².